The van der Waals surface area contributed by atoms with Gasteiger partial charge in [0.1, 0.15) is 5.82 Å². The fourth-order valence-corrected chi connectivity index (χ4v) is 4.07. The quantitative estimate of drug-likeness (QED) is 0.821. The van der Waals surface area contributed by atoms with Gasteiger partial charge in [0.25, 0.3) is 0 Å². The van der Waals surface area contributed by atoms with Crippen LogP contribution in [0.15, 0.2) is 12.4 Å². The minimum atomic E-state index is -3.14. The zero-order valence-corrected chi connectivity index (χ0v) is 12.2. The van der Waals surface area contributed by atoms with Crippen molar-refractivity contribution in [1.29, 1.82) is 0 Å². The maximum absolute atomic E-state index is 11.7. The van der Waals surface area contributed by atoms with E-state index in [1.54, 1.807) is 6.20 Å². The van der Waals surface area contributed by atoms with Crippen LogP contribution in [-0.2, 0) is 27.7 Å². The summed E-state index contributed by atoms with van der Waals surface area (Å²) in [7, 11) is -3.14. The zero-order valence-electron chi connectivity index (χ0n) is 11.4. The Bertz CT molecular complexity index is 581. The van der Waals surface area contributed by atoms with E-state index in [0.29, 0.717) is 13.1 Å². The number of carbonyl (C=O) groups is 1. The van der Waals surface area contributed by atoms with E-state index >= 15 is 0 Å². The second-order valence-electron chi connectivity index (χ2n) is 4.97. The van der Waals surface area contributed by atoms with Crippen molar-refractivity contribution >= 4 is 15.8 Å². The van der Waals surface area contributed by atoms with Crippen molar-refractivity contribution in [2.24, 2.45) is 0 Å². The number of carboxylic acids is 1. The lowest BCUT2D eigenvalue weighted by Crippen LogP contribution is -2.49. The Kier molecular flexibility index (Phi) is 4.44. The van der Waals surface area contributed by atoms with Crippen LogP contribution in [0.1, 0.15) is 19.2 Å². The number of hydrogen-bond donors (Lipinski definition) is 1. The molecule has 0 saturated carbocycles. The lowest BCUT2D eigenvalue weighted by Gasteiger charge is -2.34. The van der Waals surface area contributed by atoms with E-state index in [1.165, 1.54) is 0 Å². The molecular formula is C12H19N3O4S. The standard InChI is InChI=1S/C12H19N3O4S/c1-2-14-4-3-13-11(14)8-15-5-6-20(18,19)9-10(15)7-12(16)17/h3-4,10H,2,5-9H2,1H3,(H,16,17). The predicted molar refractivity (Wildman–Crippen MR) is 73.0 cm³/mol. The summed E-state index contributed by atoms with van der Waals surface area (Å²) in [6.45, 7) is 3.62. The van der Waals surface area contributed by atoms with Crippen LogP contribution in [0, 0.1) is 0 Å². The minimum Gasteiger partial charge on any atom is -0.481 e. The lowest BCUT2D eigenvalue weighted by molar-refractivity contribution is -0.138. The Morgan fingerprint density at radius 1 is 1.55 bits per heavy atom. The summed E-state index contributed by atoms with van der Waals surface area (Å²) >= 11 is 0. The fraction of sp³-hybridized carbons (Fsp3) is 0.667. The molecule has 1 unspecified atom stereocenters. The van der Waals surface area contributed by atoms with Crippen LogP contribution in [0.3, 0.4) is 0 Å². The van der Waals surface area contributed by atoms with Gasteiger partial charge in [0.15, 0.2) is 9.84 Å². The number of sulfone groups is 1. The Labute approximate surface area is 118 Å². The van der Waals surface area contributed by atoms with Gasteiger partial charge in [-0.05, 0) is 6.92 Å². The summed E-state index contributed by atoms with van der Waals surface area (Å²) < 4.78 is 25.3. The van der Waals surface area contributed by atoms with Gasteiger partial charge in [-0.2, -0.15) is 0 Å². The first-order valence-electron chi connectivity index (χ1n) is 6.57. The van der Waals surface area contributed by atoms with Crippen LogP contribution in [0.4, 0.5) is 0 Å². The van der Waals surface area contributed by atoms with Crippen LogP contribution >= 0.6 is 0 Å². The van der Waals surface area contributed by atoms with E-state index in [0.717, 1.165) is 12.4 Å². The van der Waals surface area contributed by atoms with E-state index in [4.69, 9.17) is 5.11 Å². The molecule has 0 spiro atoms. The predicted octanol–water partition coefficient (Wildman–Crippen LogP) is -0.0233. The number of aliphatic carboxylic acids is 1. The molecular weight excluding hydrogens is 282 g/mol. The monoisotopic (exact) mass is 301 g/mol. The number of aryl methyl sites for hydroxylation is 1. The average Bonchev–Trinajstić information content (AvgIpc) is 2.78. The second kappa shape index (κ2) is 5.92. The van der Waals surface area contributed by atoms with Crippen molar-refractivity contribution in [3.8, 4) is 0 Å². The summed E-state index contributed by atoms with van der Waals surface area (Å²) in [6, 6.07) is -0.478. The van der Waals surface area contributed by atoms with Crippen molar-refractivity contribution in [1.82, 2.24) is 14.5 Å². The molecule has 0 radical (unpaired) electrons. The molecule has 1 saturated heterocycles. The summed E-state index contributed by atoms with van der Waals surface area (Å²) in [4.78, 5) is 17.1. The molecule has 0 amide bonds. The molecule has 1 aromatic rings. The number of nitrogens with zero attached hydrogens (tertiary/aromatic N) is 3. The molecule has 1 fully saturated rings. The first kappa shape index (κ1) is 15.0. The van der Waals surface area contributed by atoms with Crippen LogP contribution in [0.5, 0.6) is 0 Å². The average molecular weight is 301 g/mol. The van der Waals surface area contributed by atoms with Gasteiger partial charge in [-0.3, -0.25) is 9.69 Å². The van der Waals surface area contributed by atoms with Gasteiger partial charge < -0.3 is 9.67 Å². The highest BCUT2D eigenvalue weighted by molar-refractivity contribution is 7.91. The van der Waals surface area contributed by atoms with E-state index < -0.39 is 21.8 Å². The van der Waals surface area contributed by atoms with Crippen LogP contribution in [0.2, 0.25) is 0 Å². The molecule has 0 aliphatic carbocycles. The van der Waals surface area contributed by atoms with Gasteiger partial charge in [-0.15, -0.1) is 0 Å². The van der Waals surface area contributed by atoms with Gasteiger partial charge >= 0.3 is 5.97 Å². The highest BCUT2D eigenvalue weighted by Crippen LogP contribution is 2.17. The molecule has 7 nitrogen and oxygen atoms in total. The number of imidazole rings is 1. The summed E-state index contributed by atoms with van der Waals surface area (Å²) in [5, 5.41) is 8.94. The van der Waals surface area contributed by atoms with Crippen LogP contribution < -0.4 is 0 Å². The molecule has 1 N–H and O–H groups in total. The number of aromatic nitrogens is 2. The van der Waals surface area contributed by atoms with E-state index in [-0.39, 0.29) is 17.9 Å². The van der Waals surface area contributed by atoms with E-state index in [1.807, 2.05) is 22.6 Å². The molecule has 8 heteroatoms. The molecule has 112 valence electrons. The molecule has 1 aliphatic rings. The molecule has 20 heavy (non-hydrogen) atoms. The molecule has 1 atom stereocenters. The molecule has 2 rings (SSSR count). The molecule has 0 bridgehead atoms. The van der Waals surface area contributed by atoms with Gasteiger partial charge in [-0.1, -0.05) is 0 Å². The minimum absolute atomic E-state index is 0.0793. The van der Waals surface area contributed by atoms with Gasteiger partial charge in [-0.25, -0.2) is 13.4 Å². The maximum Gasteiger partial charge on any atom is 0.304 e. The SMILES string of the molecule is CCn1ccnc1CN1CCS(=O)(=O)CC1CC(=O)O. The Morgan fingerprint density at radius 3 is 2.95 bits per heavy atom. The first-order chi connectivity index (χ1) is 9.41. The number of hydrogen-bond acceptors (Lipinski definition) is 5. The molecule has 1 aliphatic heterocycles. The van der Waals surface area contributed by atoms with Gasteiger partial charge in [0.05, 0.1) is 24.5 Å². The van der Waals surface area contributed by atoms with Crippen molar-refractivity contribution in [2.75, 3.05) is 18.1 Å². The van der Waals surface area contributed by atoms with Crippen molar-refractivity contribution in [2.45, 2.75) is 32.5 Å². The fourth-order valence-electron chi connectivity index (χ4n) is 2.48. The number of carboxylic acid groups (broad SMARTS) is 1. The molecule has 0 aromatic carbocycles. The van der Waals surface area contributed by atoms with Crippen LogP contribution in [0.25, 0.3) is 0 Å². The summed E-state index contributed by atoms with van der Waals surface area (Å²) in [5.41, 5.74) is 0. The Balaban J connectivity index is 2.14. The highest BCUT2D eigenvalue weighted by atomic mass is 32.2. The lowest BCUT2D eigenvalue weighted by atomic mass is 10.2. The molecule has 1 aromatic heterocycles. The third-order valence-electron chi connectivity index (χ3n) is 3.55. The number of rotatable bonds is 5. The van der Waals surface area contributed by atoms with Gasteiger partial charge in [0.2, 0.25) is 0 Å². The third kappa shape index (κ3) is 3.57. The highest BCUT2D eigenvalue weighted by Gasteiger charge is 2.33. The van der Waals surface area contributed by atoms with E-state index in [9.17, 15) is 13.2 Å². The van der Waals surface area contributed by atoms with Crippen molar-refractivity contribution in [3.63, 3.8) is 0 Å². The van der Waals surface area contributed by atoms with E-state index in [2.05, 4.69) is 4.98 Å². The zero-order chi connectivity index (χ0) is 14.8. The largest absolute Gasteiger partial charge is 0.481 e. The first-order valence-corrected chi connectivity index (χ1v) is 8.39. The summed E-state index contributed by atoms with van der Waals surface area (Å²) in [5.74, 6) is -0.152. The molecule has 2 heterocycles. The van der Waals surface area contributed by atoms with Crippen LogP contribution in [-0.4, -0.2) is 58.0 Å². The van der Waals surface area contributed by atoms with Gasteiger partial charge in [0, 0.05) is 31.5 Å². The smallest absolute Gasteiger partial charge is 0.304 e. The normalized spacial score (nSPS) is 22.8. The maximum atomic E-state index is 11.7. The Hall–Kier alpha value is -1.41. The van der Waals surface area contributed by atoms with Crippen molar-refractivity contribution in [3.05, 3.63) is 18.2 Å². The third-order valence-corrected chi connectivity index (χ3v) is 5.25. The summed E-state index contributed by atoms with van der Waals surface area (Å²) in [6.07, 6.45) is 3.40. The topological polar surface area (TPSA) is 92.5 Å². The van der Waals surface area contributed by atoms with Crippen molar-refractivity contribution < 1.29 is 18.3 Å². The Morgan fingerprint density at radius 2 is 2.30 bits per heavy atom. The second-order valence-corrected chi connectivity index (χ2v) is 7.19.